The van der Waals surface area contributed by atoms with Crippen molar-refractivity contribution in [1.82, 2.24) is 5.32 Å². The van der Waals surface area contributed by atoms with Gasteiger partial charge in [-0.15, -0.1) is 0 Å². The highest BCUT2D eigenvalue weighted by molar-refractivity contribution is 5.72. The largest absolute Gasteiger partial charge is 0.466 e. The van der Waals surface area contributed by atoms with Crippen LogP contribution in [0.5, 0.6) is 0 Å². The van der Waals surface area contributed by atoms with E-state index in [9.17, 15) is 4.79 Å². The summed E-state index contributed by atoms with van der Waals surface area (Å²) >= 11 is 0. The summed E-state index contributed by atoms with van der Waals surface area (Å²) in [6.45, 7) is 11.7. The predicted molar refractivity (Wildman–Crippen MR) is 76.9 cm³/mol. The first-order valence-corrected chi connectivity index (χ1v) is 7.73. The maximum atomic E-state index is 11.8. The summed E-state index contributed by atoms with van der Waals surface area (Å²) in [5.74, 6) is 0.111. The molecule has 2 aliphatic rings. The van der Waals surface area contributed by atoms with Gasteiger partial charge in [0.25, 0.3) is 0 Å². The van der Waals surface area contributed by atoms with Crippen LogP contribution in [0.4, 0.5) is 0 Å². The molecule has 2 fully saturated rings. The van der Waals surface area contributed by atoms with Gasteiger partial charge < -0.3 is 10.1 Å². The highest BCUT2D eigenvalue weighted by Crippen LogP contribution is 2.62. The number of esters is 1. The molecule has 0 spiro atoms. The Bertz CT molecular complexity index is 335. The van der Waals surface area contributed by atoms with E-state index >= 15 is 0 Å². The van der Waals surface area contributed by atoms with Gasteiger partial charge in [0, 0.05) is 12.1 Å². The number of nitrogens with one attached hydrogen (secondary N) is 1. The SMILES string of the molecule is CCOC(=O)C1CCCC(NC2C(C)(C)C2(C)C)C1. The average Bonchev–Trinajstić information content (AvgIpc) is 2.72. The third kappa shape index (κ3) is 2.67. The molecule has 0 radical (unpaired) electrons. The molecular weight excluding hydrogens is 238 g/mol. The zero-order chi connectivity index (χ0) is 14.3. The summed E-state index contributed by atoms with van der Waals surface area (Å²) < 4.78 is 5.17. The molecule has 2 atom stereocenters. The molecule has 3 nitrogen and oxygen atoms in total. The third-order valence-corrected chi connectivity index (χ3v) is 5.72. The fraction of sp³-hybridized carbons (Fsp3) is 0.938. The standard InChI is InChI=1S/C16H29NO2/c1-6-19-13(18)11-8-7-9-12(10-11)17-14-15(2,3)16(14,4)5/h11-12,14,17H,6-10H2,1-5H3. The third-order valence-electron chi connectivity index (χ3n) is 5.72. The van der Waals surface area contributed by atoms with Crippen molar-refractivity contribution in [2.75, 3.05) is 6.61 Å². The second-order valence-electron chi connectivity index (χ2n) is 7.36. The van der Waals surface area contributed by atoms with Gasteiger partial charge in [-0.25, -0.2) is 0 Å². The lowest BCUT2D eigenvalue weighted by molar-refractivity contribution is -0.149. The molecule has 1 N–H and O–H groups in total. The molecule has 0 aromatic rings. The number of carbonyl (C=O) groups excluding carboxylic acids is 1. The lowest BCUT2D eigenvalue weighted by Gasteiger charge is -2.29. The molecule has 0 aromatic heterocycles. The topological polar surface area (TPSA) is 38.3 Å². The van der Waals surface area contributed by atoms with Crippen molar-refractivity contribution in [3.8, 4) is 0 Å². The molecule has 2 saturated carbocycles. The lowest BCUT2D eigenvalue weighted by atomic mass is 9.85. The van der Waals surface area contributed by atoms with Gasteiger partial charge in [0.15, 0.2) is 0 Å². The van der Waals surface area contributed by atoms with Gasteiger partial charge in [-0.1, -0.05) is 34.1 Å². The molecule has 0 aromatic carbocycles. The fourth-order valence-corrected chi connectivity index (χ4v) is 3.66. The fourth-order valence-electron chi connectivity index (χ4n) is 3.66. The first-order valence-electron chi connectivity index (χ1n) is 7.73. The van der Waals surface area contributed by atoms with E-state index in [0.717, 1.165) is 19.3 Å². The first-order chi connectivity index (χ1) is 8.80. The number of hydrogen-bond acceptors (Lipinski definition) is 3. The van der Waals surface area contributed by atoms with Crippen LogP contribution in [0.3, 0.4) is 0 Å². The van der Waals surface area contributed by atoms with Crippen LogP contribution in [-0.4, -0.2) is 24.7 Å². The second kappa shape index (κ2) is 5.08. The van der Waals surface area contributed by atoms with Gasteiger partial charge in [0.1, 0.15) is 0 Å². The minimum Gasteiger partial charge on any atom is -0.466 e. The molecule has 0 heterocycles. The zero-order valence-electron chi connectivity index (χ0n) is 13.1. The summed E-state index contributed by atoms with van der Waals surface area (Å²) in [5, 5.41) is 3.79. The minimum atomic E-state index is 0.00307. The van der Waals surface area contributed by atoms with Crippen LogP contribution in [0.2, 0.25) is 0 Å². The van der Waals surface area contributed by atoms with Crippen molar-refractivity contribution in [3.05, 3.63) is 0 Å². The molecule has 110 valence electrons. The Kier molecular flexibility index (Phi) is 3.97. The van der Waals surface area contributed by atoms with Gasteiger partial charge in [0.2, 0.25) is 0 Å². The van der Waals surface area contributed by atoms with Crippen molar-refractivity contribution in [2.24, 2.45) is 16.7 Å². The predicted octanol–water partition coefficient (Wildman–Crippen LogP) is 3.13. The van der Waals surface area contributed by atoms with Gasteiger partial charge >= 0.3 is 5.97 Å². The van der Waals surface area contributed by atoms with Crippen molar-refractivity contribution in [3.63, 3.8) is 0 Å². The Morgan fingerprint density at radius 3 is 2.37 bits per heavy atom. The van der Waals surface area contributed by atoms with Crippen molar-refractivity contribution >= 4 is 5.97 Å². The highest BCUT2D eigenvalue weighted by Gasteiger charge is 2.64. The number of rotatable bonds is 4. The van der Waals surface area contributed by atoms with E-state index in [2.05, 4.69) is 33.0 Å². The lowest BCUT2D eigenvalue weighted by Crippen LogP contribution is -2.40. The van der Waals surface area contributed by atoms with Gasteiger partial charge in [0.05, 0.1) is 12.5 Å². The Hall–Kier alpha value is -0.570. The van der Waals surface area contributed by atoms with E-state index in [1.807, 2.05) is 6.92 Å². The summed E-state index contributed by atoms with van der Waals surface area (Å²) in [7, 11) is 0. The first kappa shape index (κ1) is 14.8. The average molecular weight is 267 g/mol. The molecule has 0 saturated heterocycles. The molecule has 19 heavy (non-hydrogen) atoms. The Balaban J connectivity index is 1.87. The van der Waals surface area contributed by atoms with Crippen LogP contribution in [-0.2, 0) is 9.53 Å². The molecule has 0 amide bonds. The van der Waals surface area contributed by atoms with Crippen molar-refractivity contribution in [2.45, 2.75) is 72.4 Å². The van der Waals surface area contributed by atoms with Crippen LogP contribution in [0, 0.1) is 16.7 Å². The summed E-state index contributed by atoms with van der Waals surface area (Å²) in [4.78, 5) is 11.8. The smallest absolute Gasteiger partial charge is 0.308 e. The number of carbonyl (C=O) groups is 1. The van der Waals surface area contributed by atoms with Crippen LogP contribution in [0.1, 0.15) is 60.3 Å². The van der Waals surface area contributed by atoms with Crippen LogP contribution < -0.4 is 5.32 Å². The van der Waals surface area contributed by atoms with Crippen LogP contribution in [0.15, 0.2) is 0 Å². The van der Waals surface area contributed by atoms with E-state index in [-0.39, 0.29) is 11.9 Å². The van der Waals surface area contributed by atoms with E-state index in [1.54, 1.807) is 0 Å². The maximum absolute atomic E-state index is 11.8. The molecule has 0 aliphatic heterocycles. The summed E-state index contributed by atoms with van der Waals surface area (Å²) in [6, 6.07) is 1.06. The summed E-state index contributed by atoms with van der Waals surface area (Å²) in [5.41, 5.74) is 0.730. The summed E-state index contributed by atoms with van der Waals surface area (Å²) in [6.07, 6.45) is 4.27. The minimum absolute atomic E-state index is 0.00307. The number of ether oxygens (including phenoxy) is 1. The van der Waals surface area contributed by atoms with Gasteiger partial charge in [-0.05, 0) is 37.0 Å². The molecule has 0 bridgehead atoms. The monoisotopic (exact) mass is 267 g/mol. The van der Waals surface area contributed by atoms with E-state index in [4.69, 9.17) is 4.74 Å². The molecule has 2 unspecified atom stereocenters. The molecule has 3 heteroatoms. The van der Waals surface area contributed by atoms with Crippen LogP contribution in [0.25, 0.3) is 0 Å². The van der Waals surface area contributed by atoms with Crippen LogP contribution >= 0.6 is 0 Å². The maximum Gasteiger partial charge on any atom is 0.308 e. The van der Waals surface area contributed by atoms with E-state index < -0.39 is 0 Å². The Morgan fingerprint density at radius 2 is 1.84 bits per heavy atom. The Morgan fingerprint density at radius 1 is 1.21 bits per heavy atom. The zero-order valence-corrected chi connectivity index (χ0v) is 13.1. The normalized spacial score (nSPS) is 32.9. The molecule has 2 aliphatic carbocycles. The van der Waals surface area contributed by atoms with Crippen molar-refractivity contribution < 1.29 is 9.53 Å². The molecular formula is C16H29NO2. The van der Waals surface area contributed by atoms with Crippen molar-refractivity contribution in [1.29, 1.82) is 0 Å². The van der Waals surface area contributed by atoms with E-state index in [0.29, 0.717) is 29.5 Å². The van der Waals surface area contributed by atoms with Gasteiger partial charge in [-0.3, -0.25) is 4.79 Å². The number of hydrogen-bond donors (Lipinski definition) is 1. The highest BCUT2D eigenvalue weighted by atomic mass is 16.5. The Labute approximate surface area is 117 Å². The van der Waals surface area contributed by atoms with Gasteiger partial charge in [-0.2, -0.15) is 0 Å². The van der Waals surface area contributed by atoms with E-state index in [1.165, 1.54) is 6.42 Å². The second-order valence-corrected chi connectivity index (χ2v) is 7.36. The quantitative estimate of drug-likeness (QED) is 0.795. The molecule has 2 rings (SSSR count).